The first-order valence-electron chi connectivity index (χ1n) is 42.0. The van der Waals surface area contributed by atoms with Gasteiger partial charge in [-0.1, -0.05) is 375 Å². The van der Waals surface area contributed by atoms with Crippen LogP contribution < -0.4 is 0 Å². The number of hydrogen-bond donors (Lipinski definition) is 3. The first-order chi connectivity index (χ1) is 48.4. The highest BCUT2D eigenvalue weighted by atomic mass is 31.2. The van der Waals surface area contributed by atoms with Crippen molar-refractivity contribution in [2.24, 2.45) is 11.8 Å². The molecule has 0 aliphatic heterocycles. The van der Waals surface area contributed by atoms with Crippen LogP contribution in [0.3, 0.4) is 0 Å². The van der Waals surface area contributed by atoms with Crippen molar-refractivity contribution in [1.82, 2.24) is 0 Å². The van der Waals surface area contributed by atoms with E-state index in [1.54, 1.807) is 0 Å². The molecule has 2 unspecified atom stereocenters. The Hall–Kier alpha value is -1.94. The molecule has 0 fully saturated rings. The number of aliphatic hydroxyl groups is 1. The monoisotopic (exact) mass is 1470 g/mol. The van der Waals surface area contributed by atoms with Crippen molar-refractivity contribution in [3.05, 3.63) is 0 Å². The summed E-state index contributed by atoms with van der Waals surface area (Å²) >= 11 is 0. The van der Waals surface area contributed by atoms with Gasteiger partial charge in [-0.25, -0.2) is 9.13 Å². The molecule has 0 aromatic heterocycles. The zero-order valence-corrected chi connectivity index (χ0v) is 67.3. The van der Waals surface area contributed by atoms with Gasteiger partial charge in [0.25, 0.3) is 0 Å². The van der Waals surface area contributed by atoms with Crippen molar-refractivity contribution in [3.8, 4) is 0 Å². The van der Waals surface area contributed by atoms with Crippen LogP contribution in [0.5, 0.6) is 0 Å². The molecule has 17 nitrogen and oxygen atoms in total. The van der Waals surface area contributed by atoms with E-state index in [2.05, 4.69) is 41.5 Å². The molecule has 594 valence electrons. The Kier molecular flexibility index (Phi) is 71.2. The predicted molar refractivity (Wildman–Crippen MR) is 409 cm³/mol. The normalized spacial score (nSPS) is 13.9. The van der Waals surface area contributed by atoms with Gasteiger partial charge in [0.05, 0.1) is 26.4 Å². The molecule has 0 aliphatic carbocycles. The van der Waals surface area contributed by atoms with Crippen LogP contribution in [0.25, 0.3) is 0 Å². The first-order valence-corrected chi connectivity index (χ1v) is 45.0. The Morgan fingerprint density at radius 3 is 0.680 bits per heavy atom. The maximum absolute atomic E-state index is 13.1. The predicted octanol–water partition coefficient (Wildman–Crippen LogP) is 24.3. The van der Waals surface area contributed by atoms with Gasteiger partial charge in [0, 0.05) is 25.7 Å². The number of phosphoric ester groups is 2. The lowest BCUT2D eigenvalue weighted by atomic mass is 10.0. The minimum Gasteiger partial charge on any atom is -0.462 e. The van der Waals surface area contributed by atoms with Gasteiger partial charge in [0.2, 0.25) is 0 Å². The van der Waals surface area contributed by atoms with Crippen molar-refractivity contribution < 1.29 is 80.2 Å². The smallest absolute Gasteiger partial charge is 0.462 e. The summed E-state index contributed by atoms with van der Waals surface area (Å²) in [5.74, 6) is -0.582. The van der Waals surface area contributed by atoms with E-state index in [9.17, 15) is 43.2 Å². The molecule has 0 heterocycles. The van der Waals surface area contributed by atoms with Crippen molar-refractivity contribution in [2.75, 3.05) is 39.6 Å². The summed E-state index contributed by atoms with van der Waals surface area (Å²) in [5.41, 5.74) is 0. The summed E-state index contributed by atoms with van der Waals surface area (Å²) in [5, 5.41) is 10.6. The molecule has 0 rings (SSSR count). The lowest BCUT2D eigenvalue weighted by Crippen LogP contribution is -2.30. The van der Waals surface area contributed by atoms with Crippen molar-refractivity contribution in [2.45, 2.75) is 445 Å². The number of esters is 4. The highest BCUT2D eigenvalue weighted by Gasteiger charge is 2.30. The van der Waals surface area contributed by atoms with Crippen LogP contribution in [0.4, 0.5) is 0 Å². The number of aliphatic hydroxyl groups excluding tert-OH is 1. The second kappa shape index (κ2) is 72.6. The van der Waals surface area contributed by atoms with E-state index in [0.29, 0.717) is 25.7 Å². The highest BCUT2D eigenvalue weighted by Crippen LogP contribution is 2.45. The average Bonchev–Trinajstić information content (AvgIpc) is 0.975. The second-order valence-electron chi connectivity index (χ2n) is 30.1. The Balaban J connectivity index is 5.22. The van der Waals surface area contributed by atoms with Gasteiger partial charge in [-0.2, -0.15) is 0 Å². The van der Waals surface area contributed by atoms with E-state index in [1.807, 2.05) is 0 Å². The Morgan fingerprint density at radius 1 is 0.270 bits per heavy atom. The molecule has 0 aliphatic rings. The van der Waals surface area contributed by atoms with Crippen molar-refractivity contribution in [3.63, 3.8) is 0 Å². The van der Waals surface area contributed by atoms with E-state index in [1.165, 1.54) is 244 Å². The van der Waals surface area contributed by atoms with Crippen LogP contribution in [0.15, 0.2) is 0 Å². The molecule has 0 bridgehead atoms. The molecule has 0 saturated carbocycles. The third-order valence-corrected chi connectivity index (χ3v) is 20.9. The Labute approximate surface area is 613 Å². The van der Waals surface area contributed by atoms with Crippen LogP contribution in [-0.2, 0) is 65.4 Å². The molecule has 19 heteroatoms. The Morgan fingerprint density at radius 2 is 0.460 bits per heavy atom. The van der Waals surface area contributed by atoms with E-state index in [4.69, 9.17) is 37.0 Å². The fourth-order valence-electron chi connectivity index (χ4n) is 12.5. The van der Waals surface area contributed by atoms with Gasteiger partial charge < -0.3 is 33.8 Å². The zero-order valence-electron chi connectivity index (χ0n) is 65.5. The van der Waals surface area contributed by atoms with Gasteiger partial charge in [-0.3, -0.25) is 37.3 Å². The molecule has 5 atom stereocenters. The van der Waals surface area contributed by atoms with Crippen molar-refractivity contribution >= 4 is 39.5 Å². The number of ether oxygens (including phenoxy) is 4. The molecule has 0 aromatic carbocycles. The number of hydrogen-bond acceptors (Lipinski definition) is 15. The molecule has 0 amide bonds. The maximum atomic E-state index is 13.1. The standard InChI is InChI=1S/C81H158O17P2/c1-7-9-11-13-15-17-19-20-21-22-23-24-25-26-27-30-35-41-47-53-59-65-80(85)97-76(69-92-79(84)64-58-52-46-40-34-31-28-29-33-37-43-49-55-61-73(3)4)71-95-99(87,88)93-67-75(82)68-94-100(89,90)96-72-77(70-91-78(83)63-57-51-45-39-32-18-16-14-12-10-8-2)98-81(86)66-60-54-48-42-36-38-44-50-56-62-74(5)6/h73-77,82H,7-72H2,1-6H3,(H,87,88)(H,89,90)/t75-,76-,77-/m1/s1. The van der Waals surface area contributed by atoms with Crippen LogP contribution in [0.2, 0.25) is 0 Å². The largest absolute Gasteiger partial charge is 0.472 e. The third kappa shape index (κ3) is 74.3. The SMILES string of the molecule is CCCCCCCCCCCCCCCCCCCCCCCC(=O)O[C@H](COC(=O)CCCCCCCCCCCCCCCC(C)C)COP(=O)(O)OC[C@@H](O)COP(=O)(O)OC[C@@H](COC(=O)CCCCCCCCCCCCC)OC(=O)CCCCCCCCCCCC(C)C. The summed E-state index contributed by atoms with van der Waals surface area (Å²) in [7, 11) is -9.92. The molecule has 0 aromatic rings. The Bertz CT molecular complexity index is 1920. The van der Waals surface area contributed by atoms with Gasteiger partial charge >= 0.3 is 39.5 Å². The summed E-state index contributed by atoms with van der Waals surface area (Å²) < 4.78 is 68.7. The summed E-state index contributed by atoms with van der Waals surface area (Å²) in [4.78, 5) is 73.0. The second-order valence-corrected chi connectivity index (χ2v) is 33.0. The molecule has 0 spiro atoms. The van der Waals surface area contributed by atoms with E-state index in [-0.39, 0.29) is 25.7 Å². The lowest BCUT2D eigenvalue weighted by molar-refractivity contribution is -0.161. The molecular formula is C81H158O17P2. The number of phosphoric acid groups is 2. The minimum atomic E-state index is -4.96. The van der Waals surface area contributed by atoms with Gasteiger partial charge in [0.1, 0.15) is 19.3 Å². The molecule has 100 heavy (non-hydrogen) atoms. The van der Waals surface area contributed by atoms with E-state index < -0.39 is 97.5 Å². The average molecular weight is 1470 g/mol. The fourth-order valence-corrected chi connectivity index (χ4v) is 14.1. The van der Waals surface area contributed by atoms with Crippen LogP contribution >= 0.6 is 15.6 Å². The zero-order chi connectivity index (χ0) is 73.5. The molecule has 0 saturated heterocycles. The van der Waals surface area contributed by atoms with Crippen molar-refractivity contribution in [1.29, 1.82) is 0 Å². The topological polar surface area (TPSA) is 237 Å². The number of unbranched alkanes of at least 4 members (excludes halogenated alkanes) is 50. The van der Waals surface area contributed by atoms with E-state index in [0.717, 1.165) is 102 Å². The summed E-state index contributed by atoms with van der Waals surface area (Å²) in [6, 6.07) is 0. The van der Waals surface area contributed by atoms with Crippen LogP contribution in [0.1, 0.15) is 427 Å². The van der Waals surface area contributed by atoms with Crippen LogP contribution in [-0.4, -0.2) is 96.7 Å². The number of carbonyl (C=O) groups excluding carboxylic acids is 4. The maximum Gasteiger partial charge on any atom is 0.472 e. The summed E-state index contributed by atoms with van der Waals surface area (Å²) in [6.45, 7) is 9.62. The third-order valence-electron chi connectivity index (χ3n) is 19.0. The van der Waals surface area contributed by atoms with Gasteiger partial charge in [-0.15, -0.1) is 0 Å². The summed E-state index contributed by atoms with van der Waals surface area (Å²) in [6.07, 6.45) is 62.5. The minimum absolute atomic E-state index is 0.106. The van der Waals surface area contributed by atoms with Crippen LogP contribution in [0, 0.1) is 11.8 Å². The quantitative estimate of drug-likeness (QED) is 0.0222. The van der Waals surface area contributed by atoms with E-state index >= 15 is 0 Å². The highest BCUT2D eigenvalue weighted by molar-refractivity contribution is 7.47. The molecular weight excluding hydrogens is 1310 g/mol. The van der Waals surface area contributed by atoms with Gasteiger partial charge in [0.15, 0.2) is 12.2 Å². The van der Waals surface area contributed by atoms with Gasteiger partial charge in [-0.05, 0) is 37.5 Å². The molecule has 3 N–H and O–H groups in total. The fraction of sp³-hybridized carbons (Fsp3) is 0.951. The molecule has 0 radical (unpaired) electrons. The lowest BCUT2D eigenvalue weighted by Gasteiger charge is -2.21. The first kappa shape index (κ1) is 98.1. The number of rotatable bonds is 80. The number of carbonyl (C=O) groups is 4.